The van der Waals surface area contributed by atoms with E-state index < -0.39 is 27.1 Å². The van der Waals surface area contributed by atoms with Crippen LogP contribution in [0, 0.1) is 28.5 Å². The molecule has 12 nitrogen and oxygen atoms in total. The highest BCUT2D eigenvalue weighted by Crippen LogP contribution is 2.64. The average molecular weight is 727 g/mol. The van der Waals surface area contributed by atoms with Crippen LogP contribution < -0.4 is 21.3 Å². The van der Waals surface area contributed by atoms with Gasteiger partial charge in [-0.05, 0) is 85.6 Å². The van der Waals surface area contributed by atoms with Crippen molar-refractivity contribution in [1.29, 1.82) is 0 Å². The number of ketones is 1. The highest BCUT2D eigenvalue weighted by molar-refractivity contribution is 7.85. The molecule has 2 atom stereocenters. The maximum Gasteiger partial charge on any atom is 0.265 e. The van der Waals surface area contributed by atoms with E-state index in [0.717, 1.165) is 43.4 Å². The smallest absolute Gasteiger partial charge is 0.265 e. The van der Waals surface area contributed by atoms with Crippen LogP contribution >= 0.6 is 11.6 Å². The lowest BCUT2D eigenvalue weighted by atomic mass is 9.70. The number of carbonyl (C=O) groups is 3. The number of para-hydroxylation sites is 1. The standard InChI is InChI=1S/C25H24ClFN6O2.C10H16O4S/c26-18-13-29-25(30-16-10-9-15-3-1-6-21(34)31-20(15)11-16)33-23(18)32-22-17(4-2-5-19(22)27)24(35)28-12-14-7-8-14;1-9(2)7-3-4-10(9,8(11)5-7)6-15(12,13)14/h2,4-5,9-11,13-14H,1,3,6-8,12H2,(H,28,35)(H,31,34)(H2,29,30,32,33);7H,3-6H2,1-2H3,(H,12,13,14). The second kappa shape index (κ2) is 13.9. The molecule has 3 saturated carbocycles. The molecule has 1 aliphatic heterocycles. The van der Waals surface area contributed by atoms with Crippen molar-refractivity contribution in [2.24, 2.45) is 22.7 Å². The number of aryl methyl sites for hydroxylation is 1. The van der Waals surface area contributed by atoms with Gasteiger partial charge in [0.05, 0.1) is 28.6 Å². The van der Waals surface area contributed by atoms with Gasteiger partial charge in [-0.25, -0.2) is 9.37 Å². The average Bonchev–Trinajstić information content (AvgIpc) is 3.84. The van der Waals surface area contributed by atoms with Gasteiger partial charge in [-0.1, -0.05) is 37.6 Å². The molecule has 7 rings (SSSR count). The molecule has 2 heterocycles. The normalized spacial score (nSPS) is 22.1. The van der Waals surface area contributed by atoms with Crippen LogP contribution in [0.4, 0.5) is 33.2 Å². The van der Waals surface area contributed by atoms with E-state index in [-0.39, 0.29) is 57.0 Å². The summed E-state index contributed by atoms with van der Waals surface area (Å²) < 4.78 is 45.7. The fraction of sp³-hybridized carbons (Fsp3) is 0.457. The topological polar surface area (TPSA) is 179 Å². The van der Waals surface area contributed by atoms with Gasteiger partial charge in [0.25, 0.3) is 16.0 Å². The molecule has 2 unspecified atom stereocenters. The van der Waals surface area contributed by atoms with Crippen LogP contribution in [-0.4, -0.2) is 52.8 Å². The number of hydrogen-bond donors (Lipinski definition) is 5. The van der Waals surface area contributed by atoms with Crippen LogP contribution in [-0.2, 0) is 26.1 Å². The number of halogens is 2. The van der Waals surface area contributed by atoms with Crippen LogP contribution in [0.5, 0.6) is 0 Å². The SMILES string of the molecule is CC1(C)C2CCC1(CS(=O)(=O)O)C(=O)C2.O=C1CCCc2ccc(Nc3ncc(Cl)c(Nc4c(F)cccc4C(=O)NCC4CC4)n3)cc2N1. The van der Waals surface area contributed by atoms with Crippen molar-refractivity contribution in [2.75, 3.05) is 28.2 Å². The Kier molecular flexibility index (Phi) is 9.90. The first-order valence-corrected chi connectivity index (χ1v) is 18.7. The molecule has 3 aliphatic carbocycles. The van der Waals surface area contributed by atoms with E-state index in [1.54, 1.807) is 6.07 Å². The van der Waals surface area contributed by atoms with E-state index in [9.17, 15) is 27.2 Å². The van der Waals surface area contributed by atoms with E-state index in [1.807, 2.05) is 32.0 Å². The third kappa shape index (κ3) is 7.62. The lowest BCUT2D eigenvalue weighted by molar-refractivity contribution is -0.128. The molecule has 15 heteroatoms. The lowest BCUT2D eigenvalue weighted by Crippen LogP contribution is -2.42. The fourth-order valence-corrected chi connectivity index (χ4v) is 8.76. The molecule has 0 spiro atoms. The Labute approximate surface area is 295 Å². The molecule has 2 bridgehead atoms. The van der Waals surface area contributed by atoms with Gasteiger partial charge in [0.2, 0.25) is 11.9 Å². The number of aromatic nitrogens is 2. The van der Waals surface area contributed by atoms with Gasteiger partial charge < -0.3 is 21.3 Å². The zero-order valence-corrected chi connectivity index (χ0v) is 29.4. The second-order valence-corrected chi connectivity index (χ2v) is 16.0. The zero-order chi connectivity index (χ0) is 35.8. The number of nitrogens with zero attached hydrogens (tertiary/aromatic N) is 2. The molecule has 1 aromatic heterocycles. The van der Waals surface area contributed by atoms with Crippen molar-refractivity contribution in [3.05, 3.63) is 64.6 Å². The number of carbonyl (C=O) groups excluding carboxylic acids is 3. The van der Waals surface area contributed by atoms with Crippen LogP contribution in [0.3, 0.4) is 0 Å². The summed E-state index contributed by atoms with van der Waals surface area (Å²) in [6, 6.07) is 9.94. The quantitative estimate of drug-likeness (QED) is 0.154. The largest absolute Gasteiger partial charge is 0.352 e. The molecule has 0 saturated heterocycles. The second-order valence-electron chi connectivity index (χ2n) is 14.1. The maximum absolute atomic E-state index is 14.7. The Morgan fingerprint density at radius 3 is 2.58 bits per heavy atom. The van der Waals surface area contributed by atoms with Crippen LogP contribution in [0.1, 0.15) is 74.7 Å². The third-order valence-electron chi connectivity index (χ3n) is 10.6. The van der Waals surface area contributed by atoms with Gasteiger partial charge in [-0.15, -0.1) is 0 Å². The predicted octanol–water partition coefficient (Wildman–Crippen LogP) is 6.44. The van der Waals surface area contributed by atoms with Crippen molar-refractivity contribution in [1.82, 2.24) is 15.3 Å². The summed E-state index contributed by atoms with van der Waals surface area (Å²) in [6.07, 6.45) is 7.66. The summed E-state index contributed by atoms with van der Waals surface area (Å²) in [7, 11) is -4.08. The Bertz CT molecular complexity index is 1960. The fourth-order valence-electron chi connectivity index (χ4n) is 7.32. The van der Waals surface area contributed by atoms with Crippen LogP contribution in [0.25, 0.3) is 0 Å². The number of amides is 2. The highest BCUT2D eigenvalue weighted by atomic mass is 35.5. The molecule has 4 aliphatic rings. The first-order chi connectivity index (χ1) is 23.6. The summed E-state index contributed by atoms with van der Waals surface area (Å²) >= 11 is 6.29. The summed E-state index contributed by atoms with van der Waals surface area (Å²) in [4.78, 5) is 45.0. The monoisotopic (exact) mass is 726 g/mol. The molecular weight excluding hydrogens is 687 g/mol. The van der Waals surface area contributed by atoms with Crippen molar-refractivity contribution in [2.45, 2.75) is 65.2 Å². The van der Waals surface area contributed by atoms with E-state index in [2.05, 4.69) is 31.2 Å². The molecule has 3 fully saturated rings. The van der Waals surface area contributed by atoms with E-state index in [1.165, 1.54) is 18.3 Å². The zero-order valence-electron chi connectivity index (χ0n) is 27.8. The molecule has 0 radical (unpaired) electrons. The summed E-state index contributed by atoms with van der Waals surface area (Å²) in [5, 5.41) is 11.9. The first kappa shape index (κ1) is 35.7. The molecule has 266 valence electrons. The number of nitrogens with one attached hydrogen (secondary N) is 4. The summed E-state index contributed by atoms with van der Waals surface area (Å²) in [6.45, 7) is 4.46. The van der Waals surface area contributed by atoms with Crippen LogP contribution in [0.15, 0.2) is 42.6 Å². The Balaban J connectivity index is 0.000000240. The molecular formula is C35H40ClFN6O6S. The van der Waals surface area contributed by atoms with Gasteiger partial charge >= 0.3 is 0 Å². The van der Waals surface area contributed by atoms with Crippen LogP contribution in [0.2, 0.25) is 5.02 Å². The van der Waals surface area contributed by atoms with E-state index in [0.29, 0.717) is 37.4 Å². The number of anilines is 5. The number of rotatable bonds is 9. The maximum atomic E-state index is 14.7. The van der Waals surface area contributed by atoms with Gasteiger partial charge in [0.15, 0.2) is 5.82 Å². The number of fused-ring (bicyclic) bond motifs is 3. The van der Waals surface area contributed by atoms with E-state index >= 15 is 0 Å². The van der Waals surface area contributed by atoms with Gasteiger partial charge in [0.1, 0.15) is 16.6 Å². The minimum absolute atomic E-state index is 0.0138. The Hall–Kier alpha value is -4.14. The van der Waals surface area contributed by atoms with Crippen molar-refractivity contribution in [3.8, 4) is 0 Å². The minimum Gasteiger partial charge on any atom is -0.352 e. The lowest BCUT2D eigenvalue weighted by Gasteiger charge is -2.35. The third-order valence-corrected chi connectivity index (χ3v) is 11.7. The number of hydrogen-bond acceptors (Lipinski definition) is 9. The number of Topliss-reactive ketones (excluding diaryl/α,β-unsaturated/α-hetero) is 1. The van der Waals surface area contributed by atoms with Gasteiger partial charge in [-0.3, -0.25) is 18.9 Å². The Morgan fingerprint density at radius 1 is 1.12 bits per heavy atom. The predicted molar refractivity (Wildman–Crippen MR) is 188 cm³/mol. The minimum atomic E-state index is -4.08. The summed E-state index contributed by atoms with van der Waals surface area (Å²) in [5.41, 5.74) is 1.51. The molecule has 50 heavy (non-hydrogen) atoms. The number of benzene rings is 2. The van der Waals surface area contributed by atoms with Gasteiger partial charge in [0, 0.05) is 30.8 Å². The molecule has 5 N–H and O–H groups in total. The van der Waals surface area contributed by atoms with E-state index in [4.69, 9.17) is 16.2 Å². The van der Waals surface area contributed by atoms with Crippen molar-refractivity contribution < 1.29 is 31.7 Å². The van der Waals surface area contributed by atoms with Crippen molar-refractivity contribution in [3.63, 3.8) is 0 Å². The first-order valence-electron chi connectivity index (χ1n) is 16.7. The van der Waals surface area contributed by atoms with Crippen molar-refractivity contribution >= 4 is 68.1 Å². The Morgan fingerprint density at radius 2 is 1.90 bits per heavy atom. The molecule has 2 aromatic carbocycles. The highest BCUT2D eigenvalue weighted by Gasteiger charge is 2.65. The summed E-state index contributed by atoms with van der Waals surface area (Å²) in [5.74, 6) is -0.228. The van der Waals surface area contributed by atoms with Gasteiger partial charge in [-0.2, -0.15) is 13.4 Å². The molecule has 3 aromatic rings. The molecule has 2 amide bonds.